The molecule has 0 spiro atoms. The Labute approximate surface area is 341 Å². The number of halogens is 2. The molecule has 6 aromatic carbocycles. The van der Waals surface area contributed by atoms with Crippen molar-refractivity contribution >= 4 is 66.0 Å². The first-order valence-corrected chi connectivity index (χ1v) is 18.5. The average molecular weight is 868 g/mol. The maximum Gasteiger partial charge on any atom is 2.00 e. The first-order chi connectivity index (χ1) is 25.2. The normalized spacial score (nSPS) is 11.5. The number of benzene rings is 6. The van der Waals surface area contributed by atoms with Crippen molar-refractivity contribution in [3.05, 3.63) is 223 Å². The quantitative estimate of drug-likeness (QED) is 0.123. The minimum Gasteiger partial charge on any atom is -0.664 e. The molecule has 0 saturated heterocycles. The molecule has 0 N–H and O–H groups in total. The van der Waals surface area contributed by atoms with Gasteiger partial charge in [-0.25, -0.2) is 9.98 Å². The third kappa shape index (κ3) is 13.9. The zero-order valence-electron chi connectivity index (χ0n) is 30.0. The molecular formula is C46H40Br2CoN4. The van der Waals surface area contributed by atoms with Crippen LogP contribution in [0.15, 0.2) is 189 Å². The van der Waals surface area contributed by atoms with Crippen LogP contribution in [-0.2, 0) is 16.8 Å². The minimum absolute atomic E-state index is 0. The Morgan fingerprint density at radius 3 is 1.00 bits per heavy atom. The van der Waals surface area contributed by atoms with E-state index in [0.717, 1.165) is 54.2 Å². The van der Waals surface area contributed by atoms with Gasteiger partial charge in [-0.1, -0.05) is 163 Å². The largest absolute Gasteiger partial charge is 2.00 e. The van der Waals surface area contributed by atoms with E-state index < -0.39 is 0 Å². The van der Waals surface area contributed by atoms with Crippen LogP contribution in [0.25, 0.3) is 10.6 Å². The molecule has 0 bridgehead atoms. The van der Waals surface area contributed by atoms with E-state index in [0.29, 0.717) is 0 Å². The summed E-state index contributed by atoms with van der Waals surface area (Å²) >= 11 is 6.96. The van der Waals surface area contributed by atoms with Gasteiger partial charge >= 0.3 is 16.8 Å². The van der Waals surface area contributed by atoms with Gasteiger partial charge < -0.3 is 10.6 Å². The number of aryl methyl sites for hydroxylation is 4. The Bertz CT molecular complexity index is 1980. The fourth-order valence-corrected chi connectivity index (χ4v) is 5.33. The number of allylic oxidation sites excluding steroid dienone is 2. The van der Waals surface area contributed by atoms with Crippen molar-refractivity contribution in [1.82, 2.24) is 0 Å². The van der Waals surface area contributed by atoms with Crippen molar-refractivity contribution in [2.45, 2.75) is 27.7 Å². The smallest absolute Gasteiger partial charge is 0.664 e. The topological polar surface area (TPSA) is 52.9 Å². The van der Waals surface area contributed by atoms with E-state index >= 15 is 0 Å². The van der Waals surface area contributed by atoms with Gasteiger partial charge in [0.2, 0.25) is 0 Å². The maximum absolute atomic E-state index is 4.80. The first kappa shape index (κ1) is 41.0. The van der Waals surface area contributed by atoms with E-state index in [9.17, 15) is 0 Å². The summed E-state index contributed by atoms with van der Waals surface area (Å²) in [5.41, 5.74) is 12.4. The van der Waals surface area contributed by atoms with E-state index in [4.69, 9.17) is 9.98 Å². The second-order valence-electron chi connectivity index (χ2n) is 12.2. The van der Waals surface area contributed by atoms with Crippen molar-refractivity contribution in [3.63, 3.8) is 0 Å². The van der Waals surface area contributed by atoms with Crippen LogP contribution in [0.4, 0.5) is 22.7 Å². The maximum atomic E-state index is 4.80. The summed E-state index contributed by atoms with van der Waals surface area (Å²) < 4.78 is 2.09. The van der Waals surface area contributed by atoms with Crippen molar-refractivity contribution in [2.75, 3.05) is 0 Å². The van der Waals surface area contributed by atoms with Gasteiger partial charge in [-0.2, -0.15) is 12.4 Å². The van der Waals surface area contributed by atoms with Crippen LogP contribution in [0.2, 0.25) is 0 Å². The summed E-state index contributed by atoms with van der Waals surface area (Å²) in [6, 6.07) is 48.9. The van der Waals surface area contributed by atoms with Crippen LogP contribution >= 0.6 is 31.9 Å². The minimum atomic E-state index is 0. The number of aliphatic imine (C=N–C) groups is 2. The van der Waals surface area contributed by atoms with Gasteiger partial charge in [0.25, 0.3) is 0 Å². The molecule has 0 aliphatic carbocycles. The molecule has 0 saturated carbocycles. The summed E-state index contributed by atoms with van der Waals surface area (Å²) in [5.74, 6) is 0. The average Bonchev–Trinajstić information content (AvgIpc) is 3.15. The second kappa shape index (κ2) is 21.0. The van der Waals surface area contributed by atoms with Gasteiger partial charge in [0.15, 0.2) is 0 Å². The fourth-order valence-electron chi connectivity index (χ4n) is 4.80. The molecule has 0 fully saturated rings. The summed E-state index contributed by atoms with van der Waals surface area (Å²) in [6.07, 6.45) is 7.51. The molecule has 0 unspecified atom stereocenters. The number of nitrogens with zero attached hydrogens (tertiary/aromatic N) is 4. The van der Waals surface area contributed by atoms with E-state index in [2.05, 4.69) is 119 Å². The van der Waals surface area contributed by atoms with Gasteiger partial charge in [0.05, 0.1) is 22.8 Å². The molecule has 6 aromatic rings. The summed E-state index contributed by atoms with van der Waals surface area (Å²) in [5, 5.41) is 9.03. The van der Waals surface area contributed by atoms with Crippen LogP contribution < -0.4 is 0 Å². The molecule has 267 valence electrons. The Hall–Kier alpha value is -4.79. The van der Waals surface area contributed by atoms with Gasteiger partial charge in [-0.3, -0.25) is 0 Å². The van der Waals surface area contributed by atoms with Crippen LogP contribution in [0.3, 0.4) is 0 Å². The van der Waals surface area contributed by atoms with E-state index in [1.54, 1.807) is 12.4 Å². The monoisotopic (exact) mass is 865 g/mol. The van der Waals surface area contributed by atoms with Crippen molar-refractivity contribution in [1.29, 1.82) is 0 Å². The zero-order valence-corrected chi connectivity index (χ0v) is 34.3. The second-order valence-corrected chi connectivity index (χ2v) is 14.1. The standard InChI is InChI=1S/2C23H20BrN2.Co/c2*1-17-3-11-21(12-4-17)25-16-15-23(19-7-9-20(24)10-8-19)26-22-13-5-18(2)6-14-22;/h2*3-16H,1-2H3;/q2*-1;+2/b2*16-15-,26-23?;. The molecular weight excluding hydrogens is 827 g/mol. The summed E-state index contributed by atoms with van der Waals surface area (Å²) in [6.45, 7) is 8.28. The molecule has 0 aliphatic rings. The molecule has 0 heterocycles. The predicted octanol–water partition coefficient (Wildman–Crippen LogP) is 14.8. The van der Waals surface area contributed by atoms with E-state index in [1.807, 2.05) is 109 Å². The molecule has 7 heteroatoms. The van der Waals surface area contributed by atoms with Gasteiger partial charge in [-0.05, 0) is 76.2 Å². The summed E-state index contributed by atoms with van der Waals surface area (Å²) in [4.78, 5) is 9.60. The van der Waals surface area contributed by atoms with Crippen molar-refractivity contribution < 1.29 is 16.8 Å². The molecule has 0 aliphatic heterocycles. The Kier molecular flexibility index (Phi) is 16.3. The SMILES string of the molecule is Cc1ccc(N=C(/C=C\[N-]c2ccc(C)cc2)c2ccc(Br)cc2)cc1.Cc1ccc(N=C(/C=C\[N-]c2ccc(C)cc2)c2ccc(Br)cc2)cc1.[Co+2]. The Morgan fingerprint density at radius 1 is 0.415 bits per heavy atom. The van der Waals surface area contributed by atoms with Gasteiger partial charge in [0.1, 0.15) is 0 Å². The molecule has 1 radical (unpaired) electrons. The first-order valence-electron chi connectivity index (χ1n) is 16.9. The van der Waals surface area contributed by atoms with Gasteiger partial charge in [-0.15, -0.1) is 11.4 Å². The fraction of sp³-hybridized carbons (Fsp3) is 0.0870. The Balaban J connectivity index is 0.000000232. The van der Waals surface area contributed by atoms with Gasteiger partial charge in [0, 0.05) is 20.1 Å². The molecule has 53 heavy (non-hydrogen) atoms. The van der Waals surface area contributed by atoms with Crippen molar-refractivity contribution in [3.8, 4) is 0 Å². The predicted molar refractivity (Wildman–Crippen MR) is 230 cm³/mol. The van der Waals surface area contributed by atoms with E-state index in [-0.39, 0.29) is 16.8 Å². The van der Waals surface area contributed by atoms with Crippen molar-refractivity contribution in [2.24, 2.45) is 9.98 Å². The number of rotatable bonds is 10. The van der Waals surface area contributed by atoms with Crippen LogP contribution in [0, 0.1) is 27.7 Å². The molecule has 6 rings (SSSR count). The third-order valence-electron chi connectivity index (χ3n) is 7.83. The van der Waals surface area contributed by atoms with Crippen LogP contribution in [-0.4, -0.2) is 11.4 Å². The summed E-state index contributed by atoms with van der Waals surface area (Å²) in [7, 11) is 0. The Morgan fingerprint density at radius 2 is 0.698 bits per heavy atom. The van der Waals surface area contributed by atoms with E-state index in [1.165, 1.54) is 22.3 Å². The molecule has 4 nitrogen and oxygen atoms in total. The number of hydrogen-bond donors (Lipinski definition) is 0. The zero-order chi connectivity index (χ0) is 36.7. The van der Waals surface area contributed by atoms with Crippen LogP contribution in [0.1, 0.15) is 33.4 Å². The third-order valence-corrected chi connectivity index (χ3v) is 8.88. The molecule has 0 atom stereocenters. The molecule has 0 aromatic heterocycles. The van der Waals surface area contributed by atoms with Crippen LogP contribution in [0.5, 0.6) is 0 Å². The molecule has 0 amide bonds. The number of hydrogen-bond acceptors (Lipinski definition) is 2.